The Balaban J connectivity index is 0.000000164. The molecule has 0 heterocycles. The second-order valence-electron chi connectivity index (χ2n) is 38.0. The Morgan fingerprint density at radius 3 is 0.980 bits per heavy atom. The van der Waals surface area contributed by atoms with Crippen LogP contribution in [-0.2, 0) is 4.79 Å². The molecule has 3 aromatic rings. The topological polar surface area (TPSA) is 118 Å². The Kier molecular flexibility index (Phi) is 26.4. The first kappa shape index (κ1) is 81.5. The first-order valence-corrected chi connectivity index (χ1v) is 40.7. The van der Waals surface area contributed by atoms with Gasteiger partial charge in [-0.25, -0.2) is 0 Å². The third-order valence-electron chi connectivity index (χ3n) is 34.7. The van der Waals surface area contributed by atoms with Crippen LogP contribution in [0.4, 0.5) is 0 Å². The largest absolute Gasteiger partial charge is 2.00 e. The van der Waals surface area contributed by atoms with E-state index in [0.717, 1.165) is 128 Å². The molecule has 0 aromatic heterocycles. The number of hydrogen-bond acceptors (Lipinski definition) is 6. The molecular formula is C91H141BrMgO6. The fraction of sp³-hybridized carbons (Fsp3) is 0.791. The van der Waals surface area contributed by atoms with Crippen molar-refractivity contribution >= 4 is 29.3 Å². The predicted octanol–water partition coefficient (Wildman–Crippen LogP) is 18.7. The van der Waals surface area contributed by atoms with E-state index in [1.54, 1.807) is 0 Å². The van der Waals surface area contributed by atoms with Crippen molar-refractivity contribution in [3.05, 3.63) is 108 Å². The summed E-state index contributed by atoms with van der Waals surface area (Å²) >= 11 is 0. The molecule has 0 unspecified atom stereocenters. The third kappa shape index (κ3) is 15.0. The Morgan fingerprint density at radius 2 is 0.697 bits per heavy atom. The number of aldehydes is 1. The fourth-order valence-corrected chi connectivity index (χ4v) is 28.4. The van der Waals surface area contributed by atoms with Crippen LogP contribution in [0.25, 0.3) is 0 Å². The van der Waals surface area contributed by atoms with E-state index >= 15 is 0 Å². The van der Waals surface area contributed by atoms with E-state index in [1.807, 2.05) is 42.5 Å². The van der Waals surface area contributed by atoms with Crippen molar-refractivity contribution in [1.29, 1.82) is 0 Å². The van der Waals surface area contributed by atoms with Crippen molar-refractivity contribution in [2.45, 2.75) is 312 Å². The average Bonchev–Trinajstić information content (AvgIpc) is 1.69. The van der Waals surface area contributed by atoms with Crippen molar-refractivity contribution in [1.82, 2.24) is 0 Å². The Morgan fingerprint density at radius 1 is 0.404 bits per heavy atom. The van der Waals surface area contributed by atoms with E-state index < -0.39 is 16.8 Å². The second kappa shape index (κ2) is 32.1. The van der Waals surface area contributed by atoms with Crippen molar-refractivity contribution in [3.8, 4) is 0 Å². The molecule has 15 rings (SSSR count). The van der Waals surface area contributed by atoms with Crippen LogP contribution in [0, 0.1) is 145 Å². The molecule has 12 fully saturated rings. The van der Waals surface area contributed by atoms with Gasteiger partial charge in [-0.05, 0) is 337 Å². The van der Waals surface area contributed by atoms with E-state index in [1.165, 1.54) is 141 Å². The molecule has 0 radical (unpaired) electrons. The summed E-state index contributed by atoms with van der Waals surface area (Å²) in [6.45, 7) is 28.8. The molecule has 99 heavy (non-hydrogen) atoms. The number of aliphatic hydroxyl groups is 5. The van der Waals surface area contributed by atoms with Crippen LogP contribution in [0.3, 0.4) is 0 Å². The van der Waals surface area contributed by atoms with Crippen molar-refractivity contribution < 1.29 is 47.3 Å². The fourth-order valence-electron chi connectivity index (χ4n) is 28.4. The molecule has 12 saturated carbocycles. The molecule has 0 amide bonds. The minimum Gasteiger partial charge on any atom is -1.00 e. The maximum atomic E-state index is 11.5. The van der Waals surface area contributed by atoms with Gasteiger partial charge >= 0.3 is 23.1 Å². The molecule has 3 aromatic carbocycles. The Labute approximate surface area is 631 Å². The van der Waals surface area contributed by atoms with Crippen LogP contribution >= 0.6 is 0 Å². The van der Waals surface area contributed by atoms with Gasteiger partial charge in [0.15, 0.2) is 0 Å². The van der Waals surface area contributed by atoms with Gasteiger partial charge in [-0.3, -0.25) is 0 Å². The van der Waals surface area contributed by atoms with Gasteiger partial charge in [0.05, 0.1) is 29.0 Å². The molecule has 29 atom stereocenters. The molecular weight excluding hydrogens is 1290 g/mol. The monoisotopic (exact) mass is 1430 g/mol. The zero-order valence-corrected chi connectivity index (χ0v) is 66.7. The second-order valence-corrected chi connectivity index (χ2v) is 38.0. The van der Waals surface area contributed by atoms with Crippen molar-refractivity contribution in [2.75, 3.05) is 0 Å². The zero-order valence-electron chi connectivity index (χ0n) is 63.7. The molecule has 8 heteroatoms. The number of fused-ring (bicyclic) bond motifs is 15. The van der Waals surface area contributed by atoms with Crippen LogP contribution in [0.15, 0.2) is 91.0 Å². The van der Waals surface area contributed by atoms with E-state index in [4.69, 9.17) is 0 Å². The van der Waals surface area contributed by atoms with Gasteiger partial charge in [-0.2, -0.15) is 36.4 Å². The summed E-state index contributed by atoms with van der Waals surface area (Å²) < 4.78 is 0. The zero-order chi connectivity index (χ0) is 68.4. The third-order valence-corrected chi connectivity index (χ3v) is 34.7. The SMILES string of the molecule is C.CC[C@]1(O)CC[C@@]2(C)[C@@H](CC[C@@H]3[C@@H]2CC[C@]2(C)[C@@H]([C@H](C)C=O)CC[C@@H]32)C1.CC[C@]1(O)CC[C@@]2(C)[C@@H](CC[C@@H]3[C@@H]2CC[C@]2(C)[C@@H]([C@H](C)[C@@H](O)c4ccccc4)CC[C@@H]32)C1.CC[C@]1(O)CC[C@@]2(C)[C@@H](CC[C@@H]3[C@@H]2CC[C@]2(C)[C@@H]([C@H](C)[C@H](O)c4ccccc4)CC[C@@H]32)C1.[Br-].[Mg+2].[c-]1ccccc1. The maximum absolute atomic E-state index is 11.5. The predicted molar refractivity (Wildman–Crippen MR) is 405 cm³/mol. The van der Waals surface area contributed by atoms with Gasteiger partial charge in [-0.1, -0.05) is 151 Å². The number of rotatable bonds is 11. The molecule has 0 aliphatic heterocycles. The number of halogens is 1. The quantitative estimate of drug-likeness (QED) is 0.0742. The summed E-state index contributed by atoms with van der Waals surface area (Å²) in [7, 11) is 0. The van der Waals surface area contributed by atoms with Gasteiger partial charge in [0, 0.05) is 5.92 Å². The van der Waals surface area contributed by atoms with E-state index in [0.29, 0.717) is 73.9 Å². The molecule has 0 saturated heterocycles. The summed E-state index contributed by atoms with van der Waals surface area (Å²) in [5, 5.41) is 55.4. The molecule has 0 spiro atoms. The van der Waals surface area contributed by atoms with Gasteiger partial charge in [0.2, 0.25) is 0 Å². The molecule has 5 N–H and O–H groups in total. The van der Waals surface area contributed by atoms with Crippen LogP contribution in [0.2, 0.25) is 0 Å². The molecule has 12 aliphatic carbocycles. The summed E-state index contributed by atoms with van der Waals surface area (Å²) in [4.78, 5) is 11.5. The number of carbonyl (C=O) groups excluding carboxylic acids is 1. The van der Waals surface area contributed by atoms with Gasteiger partial charge < -0.3 is 47.3 Å². The average molecular weight is 1440 g/mol. The molecule has 6 nitrogen and oxygen atoms in total. The first-order chi connectivity index (χ1) is 45.7. The van der Waals surface area contributed by atoms with Crippen molar-refractivity contribution in [2.24, 2.45) is 139 Å². The summed E-state index contributed by atoms with van der Waals surface area (Å²) in [5.41, 5.74) is 3.41. The first-order valence-electron chi connectivity index (χ1n) is 40.7. The summed E-state index contributed by atoms with van der Waals surface area (Å²) in [5.74, 6) is 12.4. The number of benzene rings is 3. The van der Waals surface area contributed by atoms with Gasteiger partial charge in [-0.15, -0.1) is 0 Å². The van der Waals surface area contributed by atoms with Crippen LogP contribution in [-0.4, -0.2) is 71.7 Å². The van der Waals surface area contributed by atoms with Crippen LogP contribution in [0.1, 0.15) is 306 Å². The normalized spacial score (nSPS) is 45.7. The minimum atomic E-state index is -0.401. The molecule has 550 valence electrons. The van der Waals surface area contributed by atoms with Gasteiger partial charge in [0.1, 0.15) is 6.29 Å². The number of aliphatic hydroxyl groups excluding tert-OH is 2. The minimum absolute atomic E-state index is 0. The van der Waals surface area contributed by atoms with Crippen LogP contribution < -0.4 is 17.0 Å². The Hall–Kier alpha value is -1.62. The van der Waals surface area contributed by atoms with E-state index in [2.05, 4.69) is 138 Å². The van der Waals surface area contributed by atoms with Crippen molar-refractivity contribution in [3.63, 3.8) is 0 Å². The number of hydrogen-bond donors (Lipinski definition) is 5. The van der Waals surface area contributed by atoms with E-state index in [9.17, 15) is 30.3 Å². The summed E-state index contributed by atoms with van der Waals surface area (Å²) in [6, 6.07) is 33.2. The smallest absolute Gasteiger partial charge is 1.00 e. The van der Waals surface area contributed by atoms with Crippen LogP contribution in [0.5, 0.6) is 0 Å². The maximum Gasteiger partial charge on any atom is 2.00 e. The number of carbonyl (C=O) groups is 1. The molecule has 12 aliphatic rings. The summed E-state index contributed by atoms with van der Waals surface area (Å²) in [6.07, 6.45) is 37.1. The standard InChI is InChI=1S/2C30H46O2.C24H40O2.C6H5.CH4.BrH.Mg/c2*1-5-30(32)18-17-28(3)22(19-30)11-12-23-25-14-13-24(29(25,4)16-15-26(23)28)20(2)27(31)21-9-7-6-8-10-21;1-5-24(26)13-12-22(3)17(14-24)6-7-18-20-9-8-19(16(2)15-25)23(20,4)11-10-21(18)22;1-2-4-6-5-3-1;;;/h2*6-10,20,22-27,31-32H,5,11-19H2,1-4H3;15-21,26H,5-14H2,1-4H3;1-5H;1H4;1H;/q;;;-1;;;+2/p-1/t20-,22-,23-,24+,25-,26-,27+,28-,29+,30-;20-,22-,23-,24+,25-,26-,27-,28-,29+,30-;16-,17+,18+,19-,20+,21+,22+,23-,24+;;;;/m001..../s1. The van der Waals surface area contributed by atoms with E-state index in [-0.39, 0.29) is 65.6 Å². The van der Waals surface area contributed by atoms with Gasteiger partial charge in [0.25, 0.3) is 0 Å². The molecule has 0 bridgehead atoms. The Bertz CT molecular complexity index is 2860.